The second kappa shape index (κ2) is 5.14. The molecule has 0 spiro atoms. The molecular formula is C12H21N3O. The first-order valence-electron chi connectivity index (χ1n) is 5.70. The van der Waals surface area contributed by atoms with Gasteiger partial charge in [0.05, 0.1) is 5.69 Å². The Morgan fingerprint density at radius 1 is 1.44 bits per heavy atom. The van der Waals surface area contributed by atoms with Crippen LogP contribution in [0.25, 0.3) is 0 Å². The van der Waals surface area contributed by atoms with Crippen LogP contribution < -0.4 is 5.32 Å². The van der Waals surface area contributed by atoms with Gasteiger partial charge in [0.1, 0.15) is 0 Å². The van der Waals surface area contributed by atoms with E-state index in [1.54, 1.807) is 0 Å². The van der Waals surface area contributed by atoms with Crippen LogP contribution in [0.1, 0.15) is 30.8 Å². The summed E-state index contributed by atoms with van der Waals surface area (Å²) in [5.74, 6) is 0.162. The fourth-order valence-electron chi connectivity index (χ4n) is 1.69. The Balaban J connectivity index is 2.52. The molecule has 0 atom stereocenters. The van der Waals surface area contributed by atoms with Gasteiger partial charge in [0.2, 0.25) is 5.91 Å². The third kappa shape index (κ3) is 2.84. The SMILES string of the molecule is Cc1nn(C)c(C)c1CCNC(=O)C(C)C. The van der Waals surface area contributed by atoms with Gasteiger partial charge in [0, 0.05) is 25.2 Å². The average molecular weight is 223 g/mol. The minimum Gasteiger partial charge on any atom is -0.356 e. The lowest BCUT2D eigenvalue weighted by atomic mass is 10.1. The third-order valence-corrected chi connectivity index (χ3v) is 2.86. The van der Waals surface area contributed by atoms with Crippen LogP contribution in [0, 0.1) is 19.8 Å². The van der Waals surface area contributed by atoms with E-state index < -0.39 is 0 Å². The standard InChI is InChI=1S/C12H21N3O/c1-8(2)12(16)13-7-6-11-9(3)14-15(5)10(11)4/h8H,6-7H2,1-5H3,(H,13,16). The minimum absolute atomic E-state index is 0.0519. The Hall–Kier alpha value is -1.32. The number of rotatable bonds is 4. The van der Waals surface area contributed by atoms with Crippen LogP contribution in [0.4, 0.5) is 0 Å². The molecule has 0 aliphatic carbocycles. The first-order chi connectivity index (χ1) is 7.43. The van der Waals surface area contributed by atoms with E-state index in [9.17, 15) is 4.79 Å². The zero-order valence-corrected chi connectivity index (χ0v) is 10.8. The maximum atomic E-state index is 11.4. The zero-order valence-electron chi connectivity index (χ0n) is 10.8. The predicted molar refractivity (Wildman–Crippen MR) is 64.2 cm³/mol. The van der Waals surface area contributed by atoms with Crippen LogP contribution >= 0.6 is 0 Å². The molecule has 0 aromatic carbocycles. The fraction of sp³-hybridized carbons (Fsp3) is 0.667. The number of hydrogen-bond donors (Lipinski definition) is 1. The van der Waals surface area contributed by atoms with Gasteiger partial charge in [-0.05, 0) is 25.8 Å². The number of amides is 1. The van der Waals surface area contributed by atoms with Crippen molar-refractivity contribution in [2.24, 2.45) is 13.0 Å². The monoisotopic (exact) mass is 223 g/mol. The lowest BCUT2D eigenvalue weighted by molar-refractivity contribution is -0.123. The van der Waals surface area contributed by atoms with Crippen molar-refractivity contribution in [3.05, 3.63) is 17.0 Å². The van der Waals surface area contributed by atoms with Gasteiger partial charge in [-0.15, -0.1) is 0 Å². The van der Waals surface area contributed by atoms with Crippen molar-refractivity contribution in [2.45, 2.75) is 34.1 Å². The number of nitrogens with one attached hydrogen (secondary N) is 1. The van der Waals surface area contributed by atoms with Gasteiger partial charge in [0.15, 0.2) is 0 Å². The highest BCUT2D eigenvalue weighted by Crippen LogP contribution is 2.11. The molecule has 0 radical (unpaired) electrons. The van der Waals surface area contributed by atoms with Gasteiger partial charge in [-0.1, -0.05) is 13.8 Å². The van der Waals surface area contributed by atoms with Crippen LogP contribution in [-0.2, 0) is 18.3 Å². The van der Waals surface area contributed by atoms with Crippen LogP contribution in [0.3, 0.4) is 0 Å². The smallest absolute Gasteiger partial charge is 0.222 e. The molecule has 1 amide bonds. The molecule has 0 fully saturated rings. The Morgan fingerprint density at radius 2 is 2.06 bits per heavy atom. The number of carbonyl (C=O) groups is 1. The summed E-state index contributed by atoms with van der Waals surface area (Å²) in [5, 5.41) is 7.27. The normalized spacial score (nSPS) is 10.9. The molecule has 0 saturated heterocycles. The van der Waals surface area contributed by atoms with Crippen LogP contribution in [0.2, 0.25) is 0 Å². The number of carbonyl (C=O) groups excluding carboxylic acids is 1. The fourth-order valence-corrected chi connectivity index (χ4v) is 1.69. The van der Waals surface area contributed by atoms with Crippen molar-refractivity contribution in [3.8, 4) is 0 Å². The first kappa shape index (κ1) is 12.7. The van der Waals surface area contributed by atoms with E-state index in [0.717, 1.165) is 12.1 Å². The van der Waals surface area contributed by atoms with Crippen molar-refractivity contribution in [1.29, 1.82) is 0 Å². The molecule has 1 aromatic heterocycles. The van der Waals surface area contributed by atoms with E-state index in [-0.39, 0.29) is 11.8 Å². The van der Waals surface area contributed by atoms with Gasteiger partial charge in [-0.3, -0.25) is 9.48 Å². The molecule has 0 aliphatic rings. The highest BCUT2D eigenvalue weighted by atomic mass is 16.1. The minimum atomic E-state index is 0.0519. The molecular weight excluding hydrogens is 202 g/mol. The van der Waals surface area contributed by atoms with Crippen molar-refractivity contribution in [1.82, 2.24) is 15.1 Å². The molecule has 1 aromatic rings. The highest BCUT2D eigenvalue weighted by molar-refractivity contribution is 5.77. The lowest BCUT2D eigenvalue weighted by Gasteiger charge is -2.07. The van der Waals surface area contributed by atoms with Gasteiger partial charge in [-0.25, -0.2) is 0 Å². The van der Waals surface area contributed by atoms with E-state index in [1.807, 2.05) is 32.5 Å². The molecule has 4 heteroatoms. The Kier molecular flexibility index (Phi) is 4.10. The quantitative estimate of drug-likeness (QED) is 0.837. The van der Waals surface area contributed by atoms with Gasteiger partial charge < -0.3 is 5.32 Å². The second-order valence-corrected chi connectivity index (χ2v) is 4.47. The highest BCUT2D eigenvalue weighted by Gasteiger charge is 2.10. The summed E-state index contributed by atoms with van der Waals surface area (Å²) >= 11 is 0. The van der Waals surface area contributed by atoms with Gasteiger partial charge in [-0.2, -0.15) is 5.10 Å². The van der Waals surface area contributed by atoms with Crippen molar-refractivity contribution >= 4 is 5.91 Å². The van der Waals surface area contributed by atoms with Crippen molar-refractivity contribution in [3.63, 3.8) is 0 Å². The largest absolute Gasteiger partial charge is 0.356 e. The molecule has 1 rings (SSSR count). The number of hydrogen-bond acceptors (Lipinski definition) is 2. The predicted octanol–water partition coefficient (Wildman–Crippen LogP) is 1.35. The molecule has 90 valence electrons. The molecule has 0 saturated carbocycles. The Bertz CT molecular complexity index is 380. The topological polar surface area (TPSA) is 46.9 Å². The molecule has 16 heavy (non-hydrogen) atoms. The molecule has 4 nitrogen and oxygen atoms in total. The summed E-state index contributed by atoms with van der Waals surface area (Å²) in [6.07, 6.45) is 0.851. The van der Waals surface area contributed by atoms with Crippen molar-refractivity contribution in [2.75, 3.05) is 6.54 Å². The third-order valence-electron chi connectivity index (χ3n) is 2.86. The van der Waals surface area contributed by atoms with E-state index >= 15 is 0 Å². The zero-order chi connectivity index (χ0) is 12.3. The summed E-state index contributed by atoms with van der Waals surface area (Å²) in [5.41, 5.74) is 3.47. The summed E-state index contributed by atoms with van der Waals surface area (Å²) in [6, 6.07) is 0. The number of nitrogens with zero attached hydrogens (tertiary/aromatic N) is 2. The summed E-state index contributed by atoms with van der Waals surface area (Å²) in [6.45, 7) is 8.54. The molecule has 0 bridgehead atoms. The molecule has 1 heterocycles. The maximum Gasteiger partial charge on any atom is 0.222 e. The first-order valence-corrected chi connectivity index (χ1v) is 5.70. The van der Waals surface area contributed by atoms with E-state index in [2.05, 4.69) is 17.3 Å². The summed E-state index contributed by atoms with van der Waals surface area (Å²) < 4.78 is 1.88. The van der Waals surface area contributed by atoms with Crippen LogP contribution in [-0.4, -0.2) is 22.2 Å². The van der Waals surface area contributed by atoms with E-state index in [4.69, 9.17) is 0 Å². The second-order valence-electron chi connectivity index (χ2n) is 4.47. The lowest BCUT2D eigenvalue weighted by Crippen LogP contribution is -2.29. The summed E-state index contributed by atoms with van der Waals surface area (Å²) in [4.78, 5) is 11.4. The molecule has 1 N–H and O–H groups in total. The van der Waals surface area contributed by atoms with E-state index in [0.29, 0.717) is 6.54 Å². The maximum absolute atomic E-state index is 11.4. The van der Waals surface area contributed by atoms with E-state index in [1.165, 1.54) is 11.3 Å². The average Bonchev–Trinajstić information content (AvgIpc) is 2.44. The number of aromatic nitrogens is 2. The molecule has 0 unspecified atom stereocenters. The Labute approximate surface area is 97.0 Å². The van der Waals surface area contributed by atoms with Gasteiger partial charge in [0.25, 0.3) is 0 Å². The van der Waals surface area contributed by atoms with Crippen molar-refractivity contribution < 1.29 is 4.79 Å². The molecule has 0 aliphatic heterocycles. The number of aryl methyl sites for hydroxylation is 2. The van der Waals surface area contributed by atoms with Gasteiger partial charge >= 0.3 is 0 Å². The van der Waals surface area contributed by atoms with Crippen LogP contribution in [0.5, 0.6) is 0 Å². The van der Waals surface area contributed by atoms with Crippen LogP contribution in [0.15, 0.2) is 0 Å². The summed E-state index contributed by atoms with van der Waals surface area (Å²) in [7, 11) is 1.94. The Morgan fingerprint density at radius 3 is 2.50 bits per heavy atom.